The average molecular weight is 245 g/mol. The van der Waals surface area contributed by atoms with E-state index in [9.17, 15) is 0 Å². The van der Waals surface area contributed by atoms with E-state index < -0.39 is 0 Å². The third-order valence-corrected chi connectivity index (χ3v) is 3.18. The summed E-state index contributed by atoms with van der Waals surface area (Å²) in [4.78, 5) is 8.31. The predicted molar refractivity (Wildman–Crippen MR) is 59.9 cm³/mol. The van der Waals surface area contributed by atoms with Gasteiger partial charge >= 0.3 is 0 Å². The molecule has 2 aromatic rings. The van der Waals surface area contributed by atoms with Crippen LogP contribution in [0.25, 0.3) is 10.6 Å². The zero-order valence-corrected chi connectivity index (χ0v) is 9.40. The molecule has 14 heavy (non-hydrogen) atoms. The maximum atomic E-state index is 5.93. The van der Waals surface area contributed by atoms with Crippen LogP contribution in [0.5, 0.6) is 0 Å². The number of pyridine rings is 1. The fraction of sp³-hybridized carbons (Fsp3) is 0.111. The molecule has 0 bridgehead atoms. The predicted octanol–water partition coefficient (Wildman–Crippen LogP) is 3.60. The summed E-state index contributed by atoms with van der Waals surface area (Å²) < 4.78 is 0. The summed E-state index contributed by atoms with van der Waals surface area (Å²) in [6.07, 6.45) is 1.65. The highest BCUT2D eigenvalue weighted by atomic mass is 35.5. The quantitative estimate of drug-likeness (QED) is 0.596. The molecular weight excluding hydrogens is 239 g/mol. The number of hydrogen-bond acceptors (Lipinski definition) is 3. The van der Waals surface area contributed by atoms with E-state index in [4.69, 9.17) is 23.2 Å². The van der Waals surface area contributed by atoms with Crippen molar-refractivity contribution in [3.63, 3.8) is 0 Å². The van der Waals surface area contributed by atoms with Gasteiger partial charge in [-0.25, -0.2) is 9.97 Å². The first-order valence-corrected chi connectivity index (χ1v) is 5.71. The van der Waals surface area contributed by atoms with Gasteiger partial charge in [0.1, 0.15) is 10.2 Å². The Kier molecular flexibility index (Phi) is 3.01. The number of alkyl halides is 1. The van der Waals surface area contributed by atoms with Crippen molar-refractivity contribution in [2.75, 3.05) is 0 Å². The van der Waals surface area contributed by atoms with Crippen LogP contribution in [0.4, 0.5) is 0 Å². The Morgan fingerprint density at radius 2 is 2.29 bits per heavy atom. The summed E-state index contributed by atoms with van der Waals surface area (Å²) in [6, 6.07) is 3.73. The second-order valence-corrected chi connectivity index (χ2v) is 4.10. The van der Waals surface area contributed by atoms with Gasteiger partial charge in [-0.1, -0.05) is 11.6 Å². The molecule has 0 aliphatic carbocycles. The summed E-state index contributed by atoms with van der Waals surface area (Å²) in [5.74, 6) is 0.425. The van der Waals surface area contributed by atoms with E-state index >= 15 is 0 Å². The molecule has 0 atom stereocenters. The minimum Gasteiger partial charge on any atom is -0.244 e. The maximum Gasteiger partial charge on any atom is 0.139 e. The number of aromatic nitrogens is 2. The largest absolute Gasteiger partial charge is 0.244 e. The van der Waals surface area contributed by atoms with Gasteiger partial charge in [-0.05, 0) is 12.1 Å². The third-order valence-electron chi connectivity index (χ3n) is 1.68. The molecule has 2 nitrogen and oxygen atoms in total. The van der Waals surface area contributed by atoms with Crippen LogP contribution in [0.1, 0.15) is 5.69 Å². The minimum absolute atomic E-state index is 0.425. The van der Waals surface area contributed by atoms with Crippen LogP contribution in [0.3, 0.4) is 0 Å². The zero-order valence-electron chi connectivity index (χ0n) is 7.08. The van der Waals surface area contributed by atoms with Gasteiger partial charge in [0.15, 0.2) is 0 Å². The van der Waals surface area contributed by atoms with Crippen LogP contribution in [0, 0.1) is 0 Å². The Bertz CT molecular complexity index is 442. The molecule has 2 aromatic heterocycles. The van der Waals surface area contributed by atoms with Crippen LogP contribution in [-0.4, -0.2) is 9.97 Å². The first-order chi connectivity index (χ1) is 6.81. The van der Waals surface area contributed by atoms with Gasteiger partial charge in [0, 0.05) is 17.1 Å². The molecule has 2 heterocycles. The number of nitrogens with zero attached hydrogens (tertiary/aromatic N) is 2. The Balaban J connectivity index is 2.44. The van der Waals surface area contributed by atoms with Gasteiger partial charge in [0.2, 0.25) is 0 Å². The standard InChI is InChI=1S/C9H6Cl2N2S/c10-4-6-5-14-9(13-6)7-2-1-3-12-8(7)11/h1-3,5H,4H2. The monoisotopic (exact) mass is 244 g/mol. The first kappa shape index (κ1) is 9.90. The van der Waals surface area contributed by atoms with Gasteiger partial charge in [-0.2, -0.15) is 0 Å². The topological polar surface area (TPSA) is 25.8 Å². The molecule has 0 N–H and O–H groups in total. The minimum atomic E-state index is 0.425. The molecule has 2 rings (SSSR count). The molecule has 72 valence electrons. The summed E-state index contributed by atoms with van der Waals surface area (Å²) in [7, 11) is 0. The number of thiazole rings is 1. The summed E-state index contributed by atoms with van der Waals surface area (Å²) in [5.41, 5.74) is 1.72. The van der Waals surface area contributed by atoms with E-state index in [0.29, 0.717) is 11.0 Å². The third kappa shape index (κ3) is 1.90. The molecule has 0 radical (unpaired) electrons. The molecule has 0 aliphatic heterocycles. The van der Waals surface area contributed by atoms with E-state index in [0.717, 1.165) is 16.3 Å². The van der Waals surface area contributed by atoms with Crippen LogP contribution in [0.2, 0.25) is 5.15 Å². The lowest BCUT2D eigenvalue weighted by molar-refractivity contribution is 1.22. The van der Waals surface area contributed by atoms with E-state index in [1.807, 2.05) is 17.5 Å². The van der Waals surface area contributed by atoms with E-state index in [1.54, 1.807) is 6.20 Å². The summed E-state index contributed by atoms with van der Waals surface area (Å²) in [5, 5.41) is 3.26. The van der Waals surface area contributed by atoms with Gasteiger partial charge in [0.05, 0.1) is 11.6 Å². The van der Waals surface area contributed by atoms with Crippen molar-refractivity contribution < 1.29 is 0 Å². The number of halogens is 2. The van der Waals surface area contributed by atoms with Crippen molar-refractivity contribution in [1.29, 1.82) is 0 Å². The Hall–Kier alpha value is -0.640. The van der Waals surface area contributed by atoms with Crippen molar-refractivity contribution in [3.05, 3.63) is 34.6 Å². The number of rotatable bonds is 2. The van der Waals surface area contributed by atoms with Gasteiger partial charge < -0.3 is 0 Å². The average Bonchev–Trinajstić information content (AvgIpc) is 2.67. The Labute approximate surface area is 95.5 Å². The highest BCUT2D eigenvalue weighted by Gasteiger charge is 2.07. The first-order valence-electron chi connectivity index (χ1n) is 3.92. The van der Waals surface area contributed by atoms with Crippen molar-refractivity contribution in [3.8, 4) is 10.6 Å². The van der Waals surface area contributed by atoms with Gasteiger partial charge in [-0.15, -0.1) is 22.9 Å². The highest BCUT2D eigenvalue weighted by Crippen LogP contribution is 2.28. The normalized spacial score (nSPS) is 10.4. The lowest BCUT2D eigenvalue weighted by atomic mass is 10.3. The van der Waals surface area contributed by atoms with Crippen molar-refractivity contribution in [1.82, 2.24) is 9.97 Å². The second kappa shape index (κ2) is 4.26. The summed E-state index contributed by atoms with van der Waals surface area (Å²) >= 11 is 13.1. The Morgan fingerprint density at radius 1 is 1.43 bits per heavy atom. The van der Waals surface area contributed by atoms with Crippen molar-refractivity contribution in [2.45, 2.75) is 5.88 Å². The second-order valence-electron chi connectivity index (χ2n) is 2.62. The molecule has 0 amide bonds. The fourth-order valence-corrected chi connectivity index (χ4v) is 2.38. The van der Waals surface area contributed by atoms with Gasteiger partial charge in [0.25, 0.3) is 0 Å². The molecule has 0 saturated heterocycles. The zero-order chi connectivity index (χ0) is 9.97. The fourth-order valence-electron chi connectivity index (χ4n) is 1.04. The van der Waals surface area contributed by atoms with E-state index in [-0.39, 0.29) is 0 Å². The molecule has 0 fully saturated rings. The molecule has 0 spiro atoms. The van der Waals surface area contributed by atoms with Crippen molar-refractivity contribution >= 4 is 34.5 Å². The molecular formula is C9H6Cl2N2S. The lowest BCUT2D eigenvalue weighted by Crippen LogP contribution is -1.82. The van der Waals surface area contributed by atoms with Crippen LogP contribution >= 0.6 is 34.5 Å². The summed E-state index contributed by atoms with van der Waals surface area (Å²) in [6.45, 7) is 0. The molecule has 5 heteroatoms. The smallest absolute Gasteiger partial charge is 0.139 e. The highest BCUT2D eigenvalue weighted by molar-refractivity contribution is 7.13. The maximum absolute atomic E-state index is 5.93. The van der Waals surface area contributed by atoms with Crippen LogP contribution in [-0.2, 0) is 5.88 Å². The van der Waals surface area contributed by atoms with Gasteiger partial charge in [-0.3, -0.25) is 0 Å². The van der Waals surface area contributed by atoms with Crippen LogP contribution < -0.4 is 0 Å². The Morgan fingerprint density at radius 3 is 2.93 bits per heavy atom. The molecule has 0 aromatic carbocycles. The number of hydrogen-bond donors (Lipinski definition) is 0. The lowest BCUT2D eigenvalue weighted by Gasteiger charge is -1.96. The van der Waals surface area contributed by atoms with E-state index in [1.165, 1.54) is 11.3 Å². The van der Waals surface area contributed by atoms with Crippen molar-refractivity contribution in [2.24, 2.45) is 0 Å². The van der Waals surface area contributed by atoms with Crippen LogP contribution in [0.15, 0.2) is 23.7 Å². The molecule has 0 unspecified atom stereocenters. The van der Waals surface area contributed by atoms with E-state index in [2.05, 4.69) is 9.97 Å². The SMILES string of the molecule is ClCc1csc(-c2cccnc2Cl)n1. The molecule has 0 aliphatic rings. The molecule has 0 saturated carbocycles.